The predicted octanol–water partition coefficient (Wildman–Crippen LogP) is 8.64. The first-order valence-corrected chi connectivity index (χ1v) is 12.5. The molecular formula is C33H17F3N4. The lowest BCUT2D eigenvalue weighted by molar-refractivity contribution is -0.137. The molecule has 0 aliphatic heterocycles. The number of hydrogen-bond acceptors (Lipinski definition) is 2. The first-order valence-electron chi connectivity index (χ1n) is 12.5. The summed E-state index contributed by atoms with van der Waals surface area (Å²) in [6, 6.07) is 33.9. The Morgan fingerprint density at radius 1 is 0.525 bits per heavy atom. The van der Waals surface area contributed by atoms with E-state index in [4.69, 9.17) is 0 Å². The standard InChI is InChI=1S/C33H17F3N4/c34-33(35,36)26-12-3-6-15-29(26)39-27-13-4-1-10-22(27)24-16-25-23-11-2-5-14-28(23)40(31(25)17-30(24)39)32-20(18-37)8-7-9-21(32)19-38/h1-17H. The van der Waals surface area contributed by atoms with Crippen molar-refractivity contribution in [2.24, 2.45) is 0 Å². The molecule has 0 aliphatic carbocycles. The number of hydrogen-bond donors (Lipinski definition) is 0. The summed E-state index contributed by atoms with van der Waals surface area (Å²) in [5, 5.41) is 23.3. The SMILES string of the molecule is N#Cc1cccc(C#N)c1-n1c2ccccc2c2cc3c4ccccc4n(-c4ccccc4C(F)(F)F)c3cc21. The maximum Gasteiger partial charge on any atom is 0.418 e. The van der Waals surface area contributed by atoms with Crippen molar-refractivity contribution in [3.63, 3.8) is 0 Å². The molecule has 7 heteroatoms. The van der Waals surface area contributed by atoms with Crippen LogP contribution in [0, 0.1) is 22.7 Å². The molecule has 0 saturated heterocycles. The van der Waals surface area contributed by atoms with Crippen LogP contribution in [0.2, 0.25) is 0 Å². The fourth-order valence-corrected chi connectivity index (χ4v) is 5.80. The van der Waals surface area contributed by atoms with Crippen molar-refractivity contribution < 1.29 is 13.2 Å². The maximum absolute atomic E-state index is 14.2. The van der Waals surface area contributed by atoms with Gasteiger partial charge < -0.3 is 9.13 Å². The van der Waals surface area contributed by atoms with Gasteiger partial charge in [-0.05, 0) is 48.5 Å². The smallest absolute Gasteiger partial charge is 0.309 e. The lowest BCUT2D eigenvalue weighted by atomic mass is 10.1. The molecule has 2 heterocycles. The third kappa shape index (κ3) is 3.25. The molecule has 4 nitrogen and oxygen atoms in total. The lowest BCUT2D eigenvalue weighted by Gasteiger charge is -2.16. The van der Waals surface area contributed by atoms with E-state index in [0.717, 1.165) is 33.1 Å². The van der Waals surface area contributed by atoms with E-state index >= 15 is 0 Å². The van der Waals surface area contributed by atoms with Gasteiger partial charge >= 0.3 is 6.18 Å². The lowest BCUT2D eigenvalue weighted by Crippen LogP contribution is -2.10. The second-order valence-corrected chi connectivity index (χ2v) is 9.53. The van der Waals surface area contributed by atoms with Gasteiger partial charge in [0.25, 0.3) is 0 Å². The number of fused-ring (bicyclic) bond motifs is 6. The minimum atomic E-state index is -4.55. The van der Waals surface area contributed by atoms with Crippen molar-refractivity contribution in [3.8, 4) is 23.5 Å². The summed E-state index contributed by atoms with van der Waals surface area (Å²) in [4.78, 5) is 0. The Morgan fingerprint density at radius 3 is 1.65 bits per heavy atom. The predicted molar refractivity (Wildman–Crippen MR) is 150 cm³/mol. The zero-order valence-electron chi connectivity index (χ0n) is 20.7. The van der Waals surface area contributed by atoms with Crippen molar-refractivity contribution in [2.45, 2.75) is 6.18 Å². The summed E-state index contributed by atoms with van der Waals surface area (Å²) in [6.45, 7) is 0. The van der Waals surface area contributed by atoms with Crippen molar-refractivity contribution in [2.75, 3.05) is 0 Å². The van der Waals surface area contributed by atoms with E-state index in [2.05, 4.69) is 12.1 Å². The topological polar surface area (TPSA) is 57.4 Å². The van der Waals surface area contributed by atoms with Gasteiger partial charge in [0.2, 0.25) is 0 Å². The quantitative estimate of drug-likeness (QED) is 0.226. The van der Waals surface area contributed by atoms with E-state index < -0.39 is 11.7 Å². The van der Waals surface area contributed by atoms with Gasteiger partial charge in [-0.3, -0.25) is 0 Å². The fraction of sp³-hybridized carbons (Fsp3) is 0.0303. The summed E-state index contributed by atoms with van der Waals surface area (Å²) in [5.41, 5.74) is 3.08. The largest absolute Gasteiger partial charge is 0.418 e. The Morgan fingerprint density at radius 2 is 1.05 bits per heavy atom. The molecule has 0 amide bonds. The van der Waals surface area contributed by atoms with E-state index in [9.17, 15) is 23.7 Å². The Labute approximate surface area is 225 Å². The summed E-state index contributed by atoms with van der Waals surface area (Å²) in [6.07, 6.45) is -4.55. The second-order valence-electron chi connectivity index (χ2n) is 9.53. The van der Waals surface area contributed by atoms with Crippen LogP contribution in [0.15, 0.2) is 103 Å². The van der Waals surface area contributed by atoms with E-state index in [1.165, 1.54) is 12.1 Å². The van der Waals surface area contributed by atoms with Crippen molar-refractivity contribution >= 4 is 43.6 Å². The zero-order chi connectivity index (χ0) is 27.6. The van der Waals surface area contributed by atoms with Crippen LogP contribution < -0.4 is 0 Å². The summed E-state index contributed by atoms with van der Waals surface area (Å²) >= 11 is 0. The van der Waals surface area contributed by atoms with Crippen LogP contribution in [0.1, 0.15) is 16.7 Å². The number of halogens is 3. The highest BCUT2D eigenvalue weighted by atomic mass is 19.4. The summed E-state index contributed by atoms with van der Waals surface area (Å²) in [7, 11) is 0. The molecule has 0 spiro atoms. The molecule has 2 aromatic heterocycles. The molecule has 0 radical (unpaired) electrons. The summed E-state index contributed by atoms with van der Waals surface area (Å²) in [5.74, 6) is 0. The number of aromatic nitrogens is 2. The average Bonchev–Trinajstić information content (AvgIpc) is 3.47. The number of benzene rings is 5. The average molecular weight is 527 g/mol. The first kappa shape index (κ1) is 23.6. The van der Waals surface area contributed by atoms with E-state index in [-0.39, 0.29) is 5.69 Å². The Bertz CT molecular complexity index is 2210. The number of para-hydroxylation sites is 4. The van der Waals surface area contributed by atoms with Gasteiger partial charge in [-0.25, -0.2) is 0 Å². The second kappa shape index (κ2) is 8.49. The van der Waals surface area contributed by atoms with Crippen molar-refractivity contribution in [3.05, 3.63) is 120 Å². The number of nitriles is 2. The Hall–Kier alpha value is -5.53. The molecule has 190 valence electrons. The van der Waals surface area contributed by atoms with Crippen LogP contribution in [0.4, 0.5) is 13.2 Å². The van der Waals surface area contributed by atoms with Crippen LogP contribution in [-0.4, -0.2) is 9.13 Å². The molecule has 0 unspecified atom stereocenters. The van der Waals surface area contributed by atoms with E-state index in [1.54, 1.807) is 28.8 Å². The molecule has 0 N–H and O–H groups in total. The molecule has 0 aliphatic rings. The minimum absolute atomic E-state index is 0.0263. The van der Waals surface area contributed by atoms with Gasteiger partial charge in [-0.15, -0.1) is 0 Å². The van der Waals surface area contributed by atoms with Crippen molar-refractivity contribution in [1.29, 1.82) is 10.5 Å². The Kier molecular flexibility index (Phi) is 5.00. The maximum atomic E-state index is 14.2. The highest BCUT2D eigenvalue weighted by Gasteiger charge is 2.34. The number of nitrogens with zero attached hydrogens (tertiary/aromatic N) is 4. The molecule has 0 bridgehead atoms. The first-order chi connectivity index (χ1) is 19.4. The molecule has 0 atom stereocenters. The highest BCUT2D eigenvalue weighted by Crippen LogP contribution is 2.42. The van der Waals surface area contributed by atoms with Crippen LogP contribution in [0.3, 0.4) is 0 Å². The molecular weight excluding hydrogens is 509 g/mol. The van der Waals surface area contributed by atoms with Crippen molar-refractivity contribution in [1.82, 2.24) is 9.13 Å². The van der Waals surface area contributed by atoms with E-state index in [0.29, 0.717) is 33.4 Å². The van der Waals surface area contributed by atoms with E-state index in [1.807, 2.05) is 65.2 Å². The van der Waals surface area contributed by atoms with Crippen LogP contribution in [-0.2, 0) is 6.18 Å². The molecule has 0 saturated carbocycles. The molecule has 7 rings (SSSR count). The van der Waals surface area contributed by atoms with Gasteiger partial charge in [-0.2, -0.15) is 23.7 Å². The number of alkyl halides is 3. The van der Waals surface area contributed by atoms with Gasteiger partial charge in [0.15, 0.2) is 0 Å². The third-order valence-electron chi connectivity index (χ3n) is 7.42. The van der Waals surface area contributed by atoms with Gasteiger partial charge in [0, 0.05) is 21.5 Å². The highest BCUT2D eigenvalue weighted by molar-refractivity contribution is 6.19. The van der Waals surface area contributed by atoms with Crippen LogP contribution >= 0.6 is 0 Å². The monoisotopic (exact) mass is 526 g/mol. The third-order valence-corrected chi connectivity index (χ3v) is 7.42. The van der Waals surface area contributed by atoms with Crippen LogP contribution in [0.5, 0.6) is 0 Å². The Balaban J connectivity index is 1.72. The zero-order valence-corrected chi connectivity index (χ0v) is 20.7. The molecule has 40 heavy (non-hydrogen) atoms. The number of rotatable bonds is 2. The normalized spacial score (nSPS) is 11.8. The minimum Gasteiger partial charge on any atom is -0.309 e. The molecule has 5 aromatic carbocycles. The van der Waals surface area contributed by atoms with Crippen LogP contribution in [0.25, 0.3) is 55.0 Å². The molecule has 7 aromatic rings. The molecule has 0 fully saturated rings. The van der Waals surface area contributed by atoms with Gasteiger partial charge in [0.1, 0.15) is 12.1 Å². The van der Waals surface area contributed by atoms with Gasteiger partial charge in [-0.1, -0.05) is 54.6 Å². The van der Waals surface area contributed by atoms with Gasteiger partial charge in [0.05, 0.1) is 50.1 Å². The fourth-order valence-electron chi connectivity index (χ4n) is 5.80. The summed E-state index contributed by atoms with van der Waals surface area (Å²) < 4.78 is 46.1.